The van der Waals surface area contributed by atoms with Gasteiger partial charge in [0.15, 0.2) is 0 Å². The molecule has 0 aromatic heterocycles. The predicted octanol–water partition coefficient (Wildman–Crippen LogP) is 3.78. The summed E-state index contributed by atoms with van der Waals surface area (Å²) in [5, 5.41) is 14.4. The maximum atomic E-state index is 11.0. The minimum absolute atomic E-state index is 0.0800. The Morgan fingerprint density at radius 1 is 0.633 bits per heavy atom. The minimum Gasteiger partial charge on any atom is -0.400 e. The Hall–Kier alpha value is -3.54. The van der Waals surface area contributed by atoms with Crippen molar-refractivity contribution in [2.24, 2.45) is 0 Å². The predicted molar refractivity (Wildman–Crippen MR) is 122 cm³/mol. The average molecular weight is 412 g/mol. The average Bonchev–Trinajstić information content (AvgIpc) is 2.82. The normalized spacial score (nSPS) is 11.2. The number of nitrogens with zero attached hydrogens (tertiary/aromatic N) is 1. The first-order valence-corrected chi connectivity index (χ1v) is 11.6. The van der Waals surface area contributed by atoms with Crippen LogP contribution in [0.25, 0.3) is 0 Å². The van der Waals surface area contributed by atoms with Crippen molar-refractivity contribution in [3.8, 4) is 0 Å². The number of rotatable bonds is 7. The molecule has 0 aliphatic rings. The summed E-state index contributed by atoms with van der Waals surface area (Å²) < 4.78 is 6.84. The fourth-order valence-electron chi connectivity index (χ4n) is 3.67. The highest BCUT2D eigenvalue weighted by atomic mass is 28.4. The van der Waals surface area contributed by atoms with Gasteiger partial charge in [0.1, 0.15) is 0 Å². The van der Waals surface area contributed by atoms with Gasteiger partial charge in [-0.1, -0.05) is 91.0 Å². The van der Waals surface area contributed by atoms with Crippen LogP contribution in [0.3, 0.4) is 0 Å². The molecular weight excluding hydrogens is 390 g/mol. The summed E-state index contributed by atoms with van der Waals surface area (Å²) >= 11 is 0. The quantitative estimate of drug-likeness (QED) is 0.201. The third kappa shape index (κ3) is 3.94. The Bertz CT molecular complexity index is 1000. The summed E-state index contributed by atoms with van der Waals surface area (Å²) in [5.74, 6) is 0. The smallest absolute Gasteiger partial charge is 0.288 e. The van der Waals surface area contributed by atoms with Gasteiger partial charge in [0.05, 0.1) is 11.5 Å². The third-order valence-corrected chi connectivity index (χ3v) is 9.16. The molecule has 0 amide bonds. The zero-order valence-electron chi connectivity index (χ0n) is 16.3. The van der Waals surface area contributed by atoms with Crippen molar-refractivity contribution in [3.63, 3.8) is 0 Å². The van der Waals surface area contributed by atoms with E-state index in [1.54, 1.807) is 12.1 Å². The number of non-ortho nitro benzene ring substituents is 1. The monoisotopic (exact) mass is 411 g/mol. The van der Waals surface area contributed by atoms with Crippen LogP contribution in [0.1, 0.15) is 5.56 Å². The van der Waals surface area contributed by atoms with Crippen LogP contribution < -0.4 is 15.6 Å². The number of hydrogen-bond donors (Lipinski definition) is 0. The lowest BCUT2D eigenvalue weighted by Gasteiger charge is -2.33. The molecule has 0 saturated carbocycles. The van der Waals surface area contributed by atoms with Gasteiger partial charge >= 0.3 is 0 Å². The topological polar surface area (TPSA) is 52.4 Å². The summed E-state index contributed by atoms with van der Waals surface area (Å²) in [4.78, 5) is 10.6. The van der Waals surface area contributed by atoms with E-state index in [0.29, 0.717) is 6.61 Å². The van der Waals surface area contributed by atoms with Crippen LogP contribution >= 0.6 is 0 Å². The van der Waals surface area contributed by atoms with Gasteiger partial charge in [0, 0.05) is 12.1 Å². The first-order valence-electron chi connectivity index (χ1n) is 9.74. The minimum atomic E-state index is -2.78. The zero-order chi connectivity index (χ0) is 20.8. The maximum absolute atomic E-state index is 11.0. The van der Waals surface area contributed by atoms with Crippen LogP contribution in [-0.2, 0) is 11.0 Å². The van der Waals surface area contributed by atoms with Crippen molar-refractivity contribution in [1.29, 1.82) is 0 Å². The summed E-state index contributed by atoms with van der Waals surface area (Å²) in [6.45, 7) is 0.364. The SMILES string of the molecule is O=[N+]([O-])c1ccc(CO[Si](c2ccccc2)(c2ccccc2)c2ccccc2)cc1. The highest BCUT2D eigenvalue weighted by molar-refractivity contribution is 7.07. The van der Waals surface area contributed by atoms with Gasteiger partial charge < -0.3 is 4.43 Å². The summed E-state index contributed by atoms with van der Waals surface area (Å²) in [6.07, 6.45) is 0. The van der Waals surface area contributed by atoms with E-state index in [1.807, 2.05) is 54.6 Å². The standard InChI is InChI=1S/C25H21NO3Si/c27-26(28)22-18-16-21(17-19-22)20-29-30(23-10-4-1-5-11-23,24-12-6-2-7-13-24)25-14-8-3-9-15-25/h1-19H,20H2. The van der Waals surface area contributed by atoms with Crippen molar-refractivity contribution in [2.75, 3.05) is 0 Å². The van der Waals surface area contributed by atoms with Crippen LogP contribution in [0.5, 0.6) is 0 Å². The van der Waals surface area contributed by atoms with Crippen LogP contribution in [0.2, 0.25) is 0 Å². The number of nitro groups is 1. The second kappa shape index (κ2) is 8.86. The van der Waals surface area contributed by atoms with E-state index >= 15 is 0 Å². The molecule has 148 valence electrons. The molecule has 0 bridgehead atoms. The van der Waals surface area contributed by atoms with Crippen LogP contribution in [0.15, 0.2) is 115 Å². The van der Waals surface area contributed by atoms with E-state index in [-0.39, 0.29) is 10.6 Å². The lowest BCUT2D eigenvalue weighted by molar-refractivity contribution is -0.384. The Morgan fingerprint density at radius 3 is 1.40 bits per heavy atom. The lowest BCUT2D eigenvalue weighted by atomic mass is 10.2. The van der Waals surface area contributed by atoms with Crippen molar-refractivity contribution in [1.82, 2.24) is 0 Å². The van der Waals surface area contributed by atoms with E-state index < -0.39 is 8.32 Å². The van der Waals surface area contributed by atoms with E-state index in [1.165, 1.54) is 12.1 Å². The first kappa shape index (κ1) is 19.8. The van der Waals surface area contributed by atoms with Crippen molar-refractivity contribution < 1.29 is 9.35 Å². The molecule has 0 saturated heterocycles. The van der Waals surface area contributed by atoms with Crippen molar-refractivity contribution in [3.05, 3.63) is 131 Å². The lowest BCUT2D eigenvalue weighted by Crippen LogP contribution is -2.69. The molecule has 5 heteroatoms. The number of hydrogen-bond acceptors (Lipinski definition) is 3. The molecule has 4 nitrogen and oxygen atoms in total. The van der Waals surface area contributed by atoms with E-state index in [9.17, 15) is 10.1 Å². The van der Waals surface area contributed by atoms with Gasteiger partial charge in [0.2, 0.25) is 0 Å². The fraction of sp³-hybridized carbons (Fsp3) is 0.0400. The number of nitro benzene ring substituents is 1. The second-order valence-corrected chi connectivity index (χ2v) is 10.4. The highest BCUT2D eigenvalue weighted by Crippen LogP contribution is 2.16. The molecule has 30 heavy (non-hydrogen) atoms. The highest BCUT2D eigenvalue weighted by Gasteiger charge is 2.41. The molecule has 0 N–H and O–H groups in total. The summed E-state index contributed by atoms with van der Waals surface area (Å²) in [7, 11) is -2.78. The second-order valence-electron chi connectivity index (χ2n) is 6.99. The van der Waals surface area contributed by atoms with Gasteiger partial charge in [-0.3, -0.25) is 10.1 Å². The molecule has 0 aliphatic heterocycles. The largest absolute Gasteiger partial charge is 0.400 e. The Balaban J connectivity index is 1.81. The fourth-order valence-corrected chi connectivity index (χ4v) is 7.54. The molecule has 0 spiro atoms. The first-order chi connectivity index (χ1) is 14.7. The molecule has 4 aromatic carbocycles. The van der Waals surface area contributed by atoms with Crippen molar-refractivity contribution in [2.45, 2.75) is 6.61 Å². The molecular formula is C25H21NO3Si. The maximum Gasteiger partial charge on any atom is 0.288 e. The Kier molecular flexibility index (Phi) is 5.84. The molecule has 0 unspecified atom stereocenters. The zero-order valence-corrected chi connectivity index (χ0v) is 17.3. The van der Waals surface area contributed by atoms with Crippen LogP contribution in [-0.4, -0.2) is 13.2 Å². The summed E-state index contributed by atoms with van der Waals surface area (Å²) in [5.41, 5.74) is 0.983. The summed E-state index contributed by atoms with van der Waals surface area (Å²) in [6, 6.07) is 37.6. The van der Waals surface area contributed by atoms with Crippen LogP contribution in [0.4, 0.5) is 5.69 Å². The molecule has 0 aliphatic carbocycles. The van der Waals surface area contributed by atoms with Gasteiger partial charge in [-0.25, -0.2) is 0 Å². The van der Waals surface area contributed by atoms with Gasteiger partial charge in [0.25, 0.3) is 14.0 Å². The molecule has 0 atom stereocenters. The Labute approximate surface area is 176 Å². The molecule has 0 radical (unpaired) electrons. The molecule has 4 rings (SSSR count). The van der Waals surface area contributed by atoms with Gasteiger partial charge in [-0.15, -0.1) is 0 Å². The van der Waals surface area contributed by atoms with E-state index in [4.69, 9.17) is 4.43 Å². The van der Waals surface area contributed by atoms with Crippen molar-refractivity contribution >= 4 is 29.6 Å². The molecule has 4 aromatic rings. The molecule has 0 fully saturated rings. The molecule has 0 heterocycles. The van der Waals surface area contributed by atoms with E-state index in [2.05, 4.69) is 36.4 Å². The van der Waals surface area contributed by atoms with Gasteiger partial charge in [-0.2, -0.15) is 0 Å². The van der Waals surface area contributed by atoms with Crippen LogP contribution in [0, 0.1) is 10.1 Å². The van der Waals surface area contributed by atoms with E-state index in [0.717, 1.165) is 21.1 Å². The number of benzene rings is 4. The Morgan fingerprint density at radius 2 is 1.03 bits per heavy atom. The van der Waals surface area contributed by atoms with Gasteiger partial charge in [-0.05, 0) is 33.3 Å². The third-order valence-electron chi connectivity index (χ3n) is 5.14.